The molecule has 5 heteroatoms. The zero-order valence-corrected chi connectivity index (χ0v) is 14.1. The van der Waals surface area contributed by atoms with Crippen LogP contribution in [0.5, 0.6) is 5.75 Å². The topological polar surface area (TPSA) is 42.7 Å². The molecule has 1 aliphatic heterocycles. The quantitative estimate of drug-likeness (QED) is 0.695. The first-order valence-corrected chi connectivity index (χ1v) is 8.42. The van der Waals surface area contributed by atoms with E-state index in [-0.39, 0.29) is 5.91 Å². The van der Waals surface area contributed by atoms with Crippen LogP contribution in [0.25, 0.3) is 0 Å². The van der Waals surface area contributed by atoms with Crippen LogP contribution in [0.2, 0.25) is 5.02 Å². The van der Waals surface area contributed by atoms with Crippen LogP contribution < -0.4 is 9.64 Å². The monoisotopic (exact) mass is 353 g/mol. The van der Waals surface area contributed by atoms with Gasteiger partial charge in [-0.05, 0) is 48.0 Å². The molecule has 126 valence electrons. The Bertz CT molecular complexity index is 877. The summed E-state index contributed by atoms with van der Waals surface area (Å²) >= 11 is 6.04. The number of anilines is 1. The van der Waals surface area contributed by atoms with Gasteiger partial charge in [-0.2, -0.15) is 0 Å². The molecule has 1 amide bonds. The third kappa shape index (κ3) is 3.26. The van der Waals surface area contributed by atoms with Gasteiger partial charge in [0, 0.05) is 17.1 Å². The molecule has 1 aromatic heterocycles. The average Bonchev–Trinajstić information content (AvgIpc) is 3.29. The number of rotatable bonds is 4. The molecule has 25 heavy (non-hydrogen) atoms. The second-order valence-electron chi connectivity index (χ2n) is 5.90. The molecule has 0 spiro atoms. The summed E-state index contributed by atoms with van der Waals surface area (Å²) < 4.78 is 11.3. The lowest BCUT2D eigenvalue weighted by Gasteiger charge is -2.24. The third-order valence-electron chi connectivity index (χ3n) is 4.20. The zero-order chi connectivity index (χ0) is 17.2. The minimum absolute atomic E-state index is 0.102. The zero-order valence-electron chi connectivity index (χ0n) is 13.4. The SMILES string of the molecule is O=C(C1Cc2cc(Cl)ccc2O1)N(Cc1ccco1)c1ccccc1. The second kappa shape index (κ2) is 6.65. The van der Waals surface area contributed by atoms with Crippen molar-refractivity contribution in [3.8, 4) is 5.75 Å². The van der Waals surface area contributed by atoms with Gasteiger partial charge in [-0.25, -0.2) is 0 Å². The van der Waals surface area contributed by atoms with Crippen molar-refractivity contribution < 1.29 is 13.9 Å². The number of carbonyl (C=O) groups is 1. The fourth-order valence-electron chi connectivity index (χ4n) is 2.99. The second-order valence-corrected chi connectivity index (χ2v) is 6.34. The molecule has 0 aliphatic carbocycles. The number of nitrogens with zero attached hydrogens (tertiary/aromatic N) is 1. The largest absolute Gasteiger partial charge is 0.480 e. The molecule has 0 fully saturated rings. The molecule has 2 heterocycles. The van der Waals surface area contributed by atoms with Crippen LogP contribution in [0.1, 0.15) is 11.3 Å². The minimum atomic E-state index is -0.566. The van der Waals surface area contributed by atoms with E-state index in [1.54, 1.807) is 17.2 Å². The molecule has 0 saturated carbocycles. The maximum Gasteiger partial charge on any atom is 0.268 e. The summed E-state index contributed by atoms with van der Waals surface area (Å²) in [7, 11) is 0. The number of furan rings is 1. The average molecular weight is 354 g/mol. The Morgan fingerprint density at radius 1 is 1.12 bits per heavy atom. The van der Waals surface area contributed by atoms with E-state index in [2.05, 4.69) is 0 Å². The summed E-state index contributed by atoms with van der Waals surface area (Å²) in [5.41, 5.74) is 1.76. The lowest BCUT2D eigenvalue weighted by atomic mass is 10.1. The summed E-state index contributed by atoms with van der Waals surface area (Å²) in [6, 6.07) is 18.6. The summed E-state index contributed by atoms with van der Waals surface area (Å²) in [6.07, 6.45) is 1.55. The molecule has 0 radical (unpaired) electrons. The molecule has 1 aliphatic rings. The van der Waals surface area contributed by atoms with Crippen LogP contribution in [0.4, 0.5) is 5.69 Å². The Hall–Kier alpha value is -2.72. The summed E-state index contributed by atoms with van der Waals surface area (Å²) in [5.74, 6) is 1.33. The molecule has 0 saturated heterocycles. The van der Waals surface area contributed by atoms with Crippen molar-refractivity contribution in [1.82, 2.24) is 0 Å². The number of hydrogen-bond acceptors (Lipinski definition) is 3. The number of fused-ring (bicyclic) bond motifs is 1. The van der Waals surface area contributed by atoms with Crippen molar-refractivity contribution >= 4 is 23.2 Å². The lowest BCUT2D eigenvalue weighted by Crippen LogP contribution is -2.41. The third-order valence-corrected chi connectivity index (χ3v) is 4.44. The maximum atomic E-state index is 13.2. The predicted octanol–water partition coefficient (Wildman–Crippen LogP) is 4.47. The summed E-state index contributed by atoms with van der Waals surface area (Å²) in [5, 5.41) is 0.644. The molecular weight excluding hydrogens is 338 g/mol. The van der Waals surface area contributed by atoms with E-state index in [0.29, 0.717) is 23.7 Å². The lowest BCUT2D eigenvalue weighted by molar-refractivity contribution is -0.124. The fraction of sp³-hybridized carbons (Fsp3) is 0.150. The predicted molar refractivity (Wildman–Crippen MR) is 95.9 cm³/mol. The number of halogens is 1. The minimum Gasteiger partial charge on any atom is -0.480 e. The van der Waals surface area contributed by atoms with Crippen molar-refractivity contribution in [2.24, 2.45) is 0 Å². The van der Waals surface area contributed by atoms with Crippen LogP contribution in [0.15, 0.2) is 71.3 Å². The fourth-order valence-corrected chi connectivity index (χ4v) is 3.19. The number of hydrogen-bond donors (Lipinski definition) is 0. The van der Waals surface area contributed by atoms with Crippen LogP contribution in [0.3, 0.4) is 0 Å². The van der Waals surface area contributed by atoms with Crippen molar-refractivity contribution in [1.29, 1.82) is 0 Å². The first kappa shape index (κ1) is 15.8. The van der Waals surface area contributed by atoms with Crippen molar-refractivity contribution in [3.63, 3.8) is 0 Å². The van der Waals surface area contributed by atoms with E-state index in [4.69, 9.17) is 20.8 Å². The standard InChI is InChI=1S/C20H16ClNO3/c21-15-8-9-18-14(11-15)12-19(25-18)20(23)22(13-17-7-4-10-24-17)16-5-2-1-3-6-16/h1-11,19H,12-13H2. The maximum absolute atomic E-state index is 13.2. The summed E-state index contributed by atoms with van der Waals surface area (Å²) in [6.45, 7) is 0.354. The number of carbonyl (C=O) groups excluding carboxylic acids is 1. The van der Waals surface area contributed by atoms with Crippen molar-refractivity contribution in [3.05, 3.63) is 83.3 Å². The molecule has 1 atom stereocenters. The Kier molecular flexibility index (Phi) is 4.20. The molecule has 4 nitrogen and oxygen atoms in total. The van der Waals surface area contributed by atoms with Crippen molar-refractivity contribution in [2.45, 2.75) is 19.1 Å². The molecule has 4 rings (SSSR count). The highest BCUT2D eigenvalue weighted by atomic mass is 35.5. The van der Waals surface area contributed by atoms with Crippen LogP contribution in [0, 0.1) is 0 Å². The highest BCUT2D eigenvalue weighted by molar-refractivity contribution is 6.30. The van der Waals surface area contributed by atoms with Gasteiger partial charge in [-0.15, -0.1) is 0 Å². The number of amides is 1. The Labute approximate surface area is 150 Å². The van der Waals surface area contributed by atoms with Gasteiger partial charge in [0.1, 0.15) is 11.5 Å². The smallest absolute Gasteiger partial charge is 0.268 e. The van der Waals surface area contributed by atoms with E-state index in [1.165, 1.54) is 0 Å². The van der Waals surface area contributed by atoms with Gasteiger partial charge in [-0.3, -0.25) is 4.79 Å². The van der Waals surface area contributed by atoms with Crippen molar-refractivity contribution in [2.75, 3.05) is 4.90 Å². The van der Waals surface area contributed by atoms with Gasteiger partial charge in [0.15, 0.2) is 6.10 Å². The van der Waals surface area contributed by atoms with Gasteiger partial charge in [-0.1, -0.05) is 29.8 Å². The number of para-hydroxylation sites is 1. The van der Waals surface area contributed by atoms with Gasteiger partial charge >= 0.3 is 0 Å². The highest BCUT2D eigenvalue weighted by Gasteiger charge is 2.33. The van der Waals surface area contributed by atoms with E-state index in [1.807, 2.05) is 54.6 Å². The van der Waals surface area contributed by atoms with Gasteiger partial charge in [0.05, 0.1) is 12.8 Å². The molecule has 3 aromatic rings. The van der Waals surface area contributed by atoms with Gasteiger partial charge in [0.25, 0.3) is 5.91 Å². The summed E-state index contributed by atoms with van der Waals surface area (Å²) in [4.78, 5) is 14.8. The molecule has 0 N–H and O–H groups in total. The van der Waals surface area contributed by atoms with E-state index < -0.39 is 6.10 Å². The highest BCUT2D eigenvalue weighted by Crippen LogP contribution is 2.32. The molecular formula is C20H16ClNO3. The molecule has 1 unspecified atom stereocenters. The Balaban J connectivity index is 1.60. The van der Waals surface area contributed by atoms with Gasteiger partial charge < -0.3 is 14.1 Å². The number of benzene rings is 2. The van der Waals surface area contributed by atoms with Crippen LogP contribution >= 0.6 is 11.6 Å². The van der Waals surface area contributed by atoms with E-state index in [9.17, 15) is 4.79 Å². The van der Waals surface area contributed by atoms with E-state index >= 15 is 0 Å². The van der Waals surface area contributed by atoms with Crippen LogP contribution in [-0.4, -0.2) is 12.0 Å². The normalized spacial score (nSPS) is 15.5. The van der Waals surface area contributed by atoms with Gasteiger partial charge in [0.2, 0.25) is 0 Å². The number of ether oxygens (including phenoxy) is 1. The Morgan fingerprint density at radius 2 is 1.96 bits per heavy atom. The van der Waals surface area contributed by atoms with Crippen LogP contribution in [-0.2, 0) is 17.8 Å². The first-order valence-electron chi connectivity index (χ1n) is 8.04. The Morgan fingerprint density at radius 3 is 2.72 bits per heavy atom. The van der Waals surface area contributed by atoms with E-state index in [0.717, 1.165) is 17.0 Å². The first-order chi connectivity index (χ1) is 12.2. The molecule has 0 bridgehead atoms. The molecule has 2 aromatic carbocycles.